The number of halogens is 2. The van der Waals surface area contributed by atoms with E-state index in [9.17, 15) is 4.39 Å². The fourth-order valence-electron chi connectivity index (χ4n) is 5.06. The monoisotopic (exact) mass is 467 g/mol. The average Bonchev–Trinajstić information content (AvgIpc) is 2.78. The van der Waals surface area contributed by atoms with E-state index in [-0.39, 0.29) is 5.82 Å². The minimum atomic E-state index is -0.277. The van der Waals surface area contributed by atoms with Gasteiger partial charge in [-0.1, -0.05) is 48.0 Å². The molecule has 0 N–H and O–H groups in total. The lowest BCUT2D eigenvalue weighted by molar-refractivity contribution is -0.0628. The fraction of sp³-hybridized carbons (Fsp3) is 0.429. The van der Waals surface area contributed by atoms with Gasteiger partial charge in [0.2, 0.25) is 0 Å². The lowest BCUT2D eigenvalue weighted by atomic mass is 9.82. The summed E-state index contributed by atoms with van der Waals surface area (Å²) in [6, 6.07) is 11.2. The highest BCUT2D eigenvalue weighted by Crippen LogP contribution is 2.31. The van der Waals surface area contributed by atoms with Crippen LogP contribution in [-0.4, -0.2) is 37.3 Å². The van der Waals surface area contributed by atoms with E-state index < -0.39 is 0 Å². The first-order valence-corrected chi connectivity index (χ1v) is 12.4. The van der Waals surface area contributed by atoms with E-state index in [1.807, 2.05) is 6.07 Å². The Bertz CT molecular complexity index is 1030. The van der Waals surface area contributed by atoms with Crippen LogP contribution in [0.3, 0.4) is 0 Å². The standard InChI is InChI=1S/C28H31ClFNO2/c29-25-7-5-21(28(30)17-25)10-13-32-26-8-6-20-9-12-31(19-24(20)16-26)18-23-4-2-1-3-22(23)15-27-11-14-33-27/h1-8,16-17,22-23,27H,9-15,18-19H2/t22-,23?,27?/m1/s1. The lowest BCUT2D eigenvalue weighted by Crippen LogP contribution is -2.38. The third-order valence-corrected chi connectivity index (χ3v) is 7.33. The second-order valence-electron chi connectivity index (χ2n) is 9.36. The molecule has 3 nitrogen and oxygen atoms in total. The summed E-state index contributed by atoms with van der Waals surface area (Å²) in [4.78, 5) is 2.57. The molecule has 3 atom stereocenters. The second-order valence-corrected chi connectivity index (χ2v) is 9.80. The van der Waals surface area contributed by atoms with Crippen LogP contribution in [0.2, 0.25) is 5.02 Å². The molecule has 5 heteroatoms. The van der Waals surface area contributed by atoms with E-state index in [1.54, 1.807) is 12.1 Å². The van der Waals surface area contributed by atoms with Crippen LogP contribution in [0.5, 0.6) is 5.75 Å². The van der Waals surface area contributed by atoms with Gasteiger partial charge in [0, 0.05) is 37.7 Å². The molecule has 0 amide bonds. The summed E-state index contributed by atoms with van der Waals surface area (Å²) in [6.07, 6.45) is 13.5. The van der Waals surface area contributed by atoms with Crippen molar-refractivity contribution in [2.24, 2.45) is 11.8 Å². The van der Waals surface area contributed by atoms with Gasteiger partial charge in [0.1, 0.15) is 11.6 Å². The van der Waals surface area contributed by atoms with Crippen molar-refractivity contribution in [1.29, 1.82) is 0 Å². The molecule has 174 valence electrons. The molecule has 1 fully saturated rings. The average molecular weight is 468 g/mol. The SMILES string of the molecule is Fc1cc(Cl)ccc1CCOc1ccc2c(c1)CN(CC1C=CC=C[C@@H]1CC1CCO1)CC2. The van der Waals surface area contributed by atoms with Gasteiger partial charge in [-0.2, -0.15) is 0 Å². The van der Waals surface area contributed by atoms with E-state index in [0.717, 1.165) is 44.8 Å². The molecule has 3 aliphatic rings. The number of allylic oxidation sites excluding steroid dienone is 3. The Morgan fingerprint density at radius 1 is 1.06 bits per heavy atom. The van der Waals surface area contributed by atoms with Crippen molar-refractivity contribution in [2.75, 3.05) is 26.3 Å². The highest BCUT2D eigenvalue weighted by atomic mass is 35.5. The molecule has 0 spiro atoms. The third-order valence-electron chi connectivity index (χ3n) is 7.10. The third kappa shape index (κ3) is 5.68. The van der Waals surface area contributed by atoms with Crippen molar-refractivity contribution < 1.29 is 13.9 Å². The lowest BCUT2D eigenvalue weighted by Gasteiger charge is -2.36. The second kappa shape index (κ2) is 10.4. The maximum Gasteiger partial charge on any atom is 0.128 e. The summed E-state index contributed by atoms with van der Waals surface area (Å²) in [5.74, 6) is 1.67. The van der Waals surface area contributed by atoms with Crippen LogP contribution in [0.25, 0.3) is 0 Å². The maximum absolute atomic E-state index is 14.0. The van der Waals surface area contributed by atoms with Crippen molar-refractivity contribution in [3.05, 3.63) is 88.2 Å². The van der Waals surface area contributed by atoms with Gasteiger partial charge >= 0.3 is 0 Å². The summed E-state index contributed by atoms with van der Waals surface area (Å²) in [6.45, 7) is 4.45. The van der Waals surface area contributed by atoms with Crippen LogP contribution >= 0.6 is 11.6 Å². The molecule has 1 saturated heterocycles. The fourth-order valence-corrected chi connectivity index (χ4v) is 5.22. The van der Waals surface area contributed by atoms with E-state index in [2.05, 4.69) is 41.3 Å². The molecule has 0 aromatic heterocycles. The molecule has 1 aliphatic carbocycles. The van der Waals surface area contributed by atoms with Gasteiger partial charge in [-0.25, -0.2) is 4.39 Å². The predicted octanol–water partition coefficient (Wildman–Crippen LogP) is 6.00. The van der Waals surface area contributed by atoms with E-state index >= 15 is 0 Å². The van der Waals surface area contributed by atoms with Crippen molar-refractivity contribution in [1.82, 2.24) is 4.90 Å². The maximum atomic E-state index is 14.0. The number of ether oxygens (including phenoxy) is 2. The predicted molar refractivity (Wildman–Crippen MR) is 130 cm³/mol. The zero-order valence-electron chi connectivity index (χ0n) is 18.9. The van der Waals surface area contributed by atoms with E-state index in [0.29, 0.717) is 41.6 Å². The van der Waals surface area contributed by atoms with Gasteiger partial charge in [-0.3, -0.25) is 4.90 Å². The smallest absolute Gasteiger partial charge is 0.128 e. The van der Waals surface area contributed by atoms with Gasteiger partial charge in [-0.05, 0) is 72.1 Å². The number of benzene rings is 2. The van der Waals surface area contributed by atoms with Gasteiger partial charge in [0.05, 0.1) is 12.7 Å². The Balaban J connectivity index is 1.17. The van der Waals surface area contributed by atoms with Gasteiger partial charge < -0.3 is 9.47 Å². The topological polar surface area (TPSA) is 21.7 Å². The Kier molecular flexibility index (Phi) is 7.15. The molecular weight excluding hydrogens is 437 g/mol. The molecule has 2 aliphatic heterocycles. The molecule has 2 unspecified atom stereocenters. The van der Waals surface area contributed by atoms with Crippen LogP contribution in [0.4, 0.5) is 4.39 Å². The molecule has 2 aromatic carbocycles. The van der Waals surface area contributed by atoms with Gasteiger partial charge in [-0.15, -0.1) is 0 Å². The number of nitrogens with zero attached hydrogens (tertiary/aromatic N) is 1. The highest BCUT2D eigenvalue weighted by Gasteiger charge is 2.28. The minimum absolute atomic E-state index is 0.277. The van der Waals surface area contributed by atoms with E-state index in [1.165, 1.54) is 23.6 Å². The first kappa shape index (κ1) is 22.6. The number of hydrogen-bond donors (Lipinski definition) is 0. The van der Waals surface area contributed by atoms with Gasteiger partial charge in [0.25, 0.3) is 0 Å². The molecule has 2 aromatic rings. The van der Waals surface area contributed by atoms with Crippen molar-refractivity contribution in [2.45, 2.75) is 38.3 Å². The Labute approximate surface area is 200 Å². The number of rotatable bonds is 8. The summed E-state index contributed by atoms with van der Waals surface area (Å²) in [7, 11) is 0. The Morgan fingerprint density at radius 3 is 2.70 bits per heavy atom. The molecule has 0 bridgehead atoms. The number of hydrogen-bond acceptors (Lipinski definition) is 3. The molecular formula is C28H31ClFNO2. The largest absolute Gasteiger partial charge is 0.493 e. The number of fused-ring (bicyclic) bond motifs is 1. The van der Waals surface area contributed by atoms with Crippen molar-refractivity contribution >= 4 is 11.6 Å². The minimum Gasteiger partial charge on any atom is -0.493 e. The zero-order chi connectivity index (χ0) is 22.6. The quantitative estimate of drug-likeness (QED) is 0.475. The summed E-state index contributed by atoms with van der Waals surface area (Å²) in [5.41, 5.74) is 3.37. The van der Waals surface area contributed by atoms with Crippen LogP contribution in [0.1, 0.15) is 29.5 Å². The molecule has 0 saturated carbocycles. The Morgan fingerprint density at radius 2 is 1.91 bits per heavy atom. The summed E-state index contributed by atoms with van der Waals surface area (Å²) in [5, 5.41) is 0.416. The summed E-state index contributed by atoms with van der Waals surface area (Å²) < 4.78 is 25.7. The summed E-state index contributed by atoms with van der Waals surface area (Å²) >= 11 is 5.84. The molecule has 0 radical (unpaired) electrons. The Hall–Kier alpha value is -2.14. The normalized spacial score (nSPS) is 24.4. The van der Waals surface area contributed by atoms with Crippen LogP contribution < -0.4 is 4.74 Å². The van der Waals surface area contributed by atoms with Crippen LogP contribution in [0.15, 0.2) is 60.7 Å². The first-order valence-electron chi connectivity index (χ1n) is 12.0. The first-order chi connectivity index (χ1) is 16.1. The van der Waals surface area contributed by atoms with Crippen LogP contribution in [-0.2, 0) is 24.1 Å². The van der Waals surface area contributed by atoms with E-state index in [4.69, 9.17) is 21.1 Å². The molecule has 33 heavy (non-hydrogen) atoms. The zero-order valence-corrected chi connectivity index (χ0v) is 19.6. The molecule has 5 rings (SSSR count). The highest BCUT2D eigenvalue weighted by molar-refractivity contribution is 6.30. The molecule has 2 heterocycles. The van der Waals surface area contributed by atoms with Crippen LogP contribution in [0, 0.1) is 17.7 Å². The van der Waals surface area contributed by atoms with Gasteiger partial charge in [0.15, 0.2) is 0 Å². The van der Waals surface area contributed by atoms with Crippen molar-refractivity contribution in [3.8, 4) is 5.75 Å². The van der Waals surface area contributed by atoms with Crippen molar-refractivity contribution in [3.63, 3.8) is 0 Å².